The van der Waals surface area contributed by atoms with Gasteiger partial charge in [0.25, 0.3) is 0 Å². The maximum atomic E-state index is 4.33. The Kier molecular flexibility index (Phi) is 2.35. The summed E-state index contributed by atoms with van der Waals surface area (Å²) in [5, 5.41) is 12.8. The summed E-state index contributed by atoms with van der Waals surface area (Å²) < 4.78 is 0. The number of hydrogen-bond acceptors (Lipinski definition) is 4. The van der Waals surface area contributed by atoms with Crippen LogP contribution >= 0.6 is 0 Å². The van der Waals surface area contributed by atoms with Crippen molar-refractivity contribution in [2.45, 2.75) is 0 Å². The average molecular weight is 261 g/mol. The summed E-state index contributed by atoms with van der Waals surface area (Å²) in [5.74, 6) is 0.731. The van der Waals surface area contributed by atoms with E-state index < -0.39 is 0 Å². The Morgan fingerprint density at radius 1 is 1.00 bits per heavy atom. The third-order valence-corrected chi connectivity index (χ3v) is 3.22. The van der Waals surface area contributed by atoms with Crippen molar-refractivity contribution in [2.75, 3.05) is 5.32 Å². The van der Waals surface area contributed by atoms with Gasteiger partial charge in [-0.2, -0.15) is 5.10 Å². The number of anilines is 2. The maximum Gasteiger partial charge on any atom is 0.178 e. The van der Waals surface area contributed by atoms with Gasteiger partial charge in [-0.15, -0.1) is 0 Å². The quantitative estimate of drug-likeness (QED) is 0.581. The molecule has 4 aromatic rings. The molecule has 0 unspecified atom stereocenters. The van der Waals surface area contributed by atoms with E-state index in [4.69, 9.17) is 0 Å². The summed E-state index contributed by atoms with van der Waals surface area (Å²) in [4.78, 5) is 8.44. The van der Waals surface area contributed by atoms with Crippen LogP contribution in [0.5, 0.6) is 0 Å². The van der Waals surface area contributed by atoms with Gasteiger partial charge in [-0.3, -0.25) is 15.1 Å². The fourth-order valence-electron chi connectivity index (χ4n) is 2.24. The topological polar surface area (TPSA) is 66.5 Å². The number of benzene rings is 1. The summed E-state index contributed by atoms with van der Waals surface area (Å²) in [6, 6.07) is 11.9. The van der Waals surface area contributed by atoms with Crippen LogP contribution in [0.15, 0.2) is 55.0 Å². The molecule has 3 heterocycles. The van der Waals surface area contributed by atoms with E-state index in [9.17, 15) is 0 Å². The number of aromatic amines is 1. The number of pyridine rings is 2. The largest absolute Gasteiger partial charge is 0.337 e. The molecule has 4 rings (SSSR count). The summed E-state index contributed by atoms with van der Waals surface area (Å²) in [6.07, 6.45) is 5.40. The van der Waals surface area contributed by atoms with Crippen molar-refractivity contribution in [2.24, 2.45) is 0 Å². The van der Waals surface area contributed by atoms with Gasteiger partial charge >= 0.3 is 0 Å². The van der Waals surface area contributed by atoms with Gasteiger partial charge < -0.3 is 5.32 Å². The zero-order valence-electron chi connectivity index (χ0n) is 10.5. The van der Waals surface area contributed by atoms with E-state index in [1.807, 2.05) is 36.5 Å². The zero-order chi connectivity index (χ0) is 13.4. The third-order valence-electron chi connectivity index (χ3n) is 3.22. The van der Waals surface area contributed by atoms with Crippen LogP contribution < -0.4 is 5.32 Å². The lowest BCUT2D eigenvalue weighted by Gasteiger charge is -2.04. The van der Waals surface area contributed by atoms with Gasteiger partial charge in [0.15, 0.2) is 5.82 Å². The molecule has 0 saturated carbocycles. The first kappa shape index (κ1) is 10.9. The van der Waals surface area contributed by atoms with Crippen LogP contribution in [0.4, 0.5) is 11.5 Å². The number of fused-ring (bicyclic) bond motifs is 2. The summed E-state index contributed by atoms with van der Waals surface area (Å²) in [5.41, 5.74) is 2.73. The van der Waals surface area contributed by atoms with Crippen molar-refractivity contribution in [3.63, 3.8) is 0 Å². The molecule has 0 spiro atoms. The van der Waals surface area contributed by atoms with Crippen molar-refractivity contribution in [1.82, 2.24) is 20.2 Å². The highest BCUT2D eigenvalue weighted by Gasteiger charge is 2.06. The van der Waals surface area contributed by atoms with Crippen molar-refractivity contribution in [3.8, 4) is 0 Å². The first-order valence-corrected chi connectivity index (χ1v) is 6.30. The molecule has 0 bridgehead atoms. The van der Waals surface area contributed by atoms with E-state index in [-0.39, 0.29) is 0 Å². The molecule has 0 amide bonds. The minimum Gasteiger partial charge on any atom is -0.337 e. The summed E-state index contributed by atoms with van der Waals surface area (Å²) in [6.45, 7) is 0. The van der Waals surface area contributed by atoms with E-state index in [0.29, 0.717) is 0 Å². The van der Waals surface area contributed by atoms with Crippen LogP contribution in [0.25, 0.3) is 21.8 Å². The highest BCUT2D eigenvalue weighted by Crippen LogP contribution is 2.24. The highest BCUT2D eigenvalue weighted by atomic mass is 15.2. The number of H-pyrrole nitrogens is 1. The Hall–Kier alpha value is -2.95. The van der Waals surface area contributed by atoms with Crippen LogP contribution in [0.1, 0.15) is 0 Å². The number of rotatable bonds is 2. The molecule has 1 aromatic carbocycles. The second kappa shape index (κ2) is 4.31. The van der Waals surface area contributed by atoms with Crippen molar-refractivity contribution >= 4 is 33.3 Å². The molecular weight excluding hydrogens is 250 g/mol. The van der Waals surface area contributed by atoms with Gasteiger partial charge in [0.05, 0.1) is 5.52 Å². The second-order valence-corrected chi connectivity index (χ2v) is 4.53. The third kappa shape index (κ3) is 1.76. The first-order chi connectivity index (χ1) is 9.90. The van der Waals surface area contributed by atoms with E-state index >= 15 is 0 Å². The van der Waals surface area contributed by atoms with Gasteiger partial charge in [-0.1, -0.05) is 6.07 Å². The average Bonchev–Trinajstić information content (AvgIpc) is 2.91. The van der Waals surface area contributed by atoms with Gasteiger partial charge in [-0.25, -0.2) is 0 Å². The number of nitrogens with zero attached hydrogens (tertiary/aromatic N) is 3. The molecule has 96 valence electrons. The van der Waals surface area contributed by atoms with Gasteiger partial charge in [-0.05, 0) is 35.7 Å². The molecule has 0 aliphatic carbocycles. The summed E-state index contributed by atoms with van der Waals surface area (Å²) >= 11 is 0. The molecule has 2 N–H and O–H groups in total. The lowest BCUT2D eigenvalue weighted by atomic mass is 10.1. The molecule has 5 heteroatoms. The Morgan fingerprint density at radius 2 is 2.00 bits per heavy atom. The molecule has 20 heavy (non-hydrogen) atoms. The molecule has 5 nitrogen and oxygen atoms in total. The van der Waals surface area contributed by atoms with Crippen LogP contribution in [-0.2, 0) is 0 Å². The molecular formula is C15H11N5. The minimum atomic E-state index is 0.731. The van der Waals surface area contributed by atoms with Crippen molar-refractivity contribution in [1.29, 1.82) is 0 Å². The normalized spacial score (nSPS) is 11.0. The van der Waals surface area contributed by atoms with Gasteiger partial charge in [0.2, 0.25) is 0 Å². The van der Waals surface area contributed by atoms with Crippen LogP contribution in [0, 0.1) is 0 Å². The molecule has 0 atom stereocenters. The van der Waals surface area contributed by atoms with E-state index in [1.54, 1.807) is 12.4 Å². The molecule has 0 aliphatic rings. The SMILES string of the molecule is c1cnc2c(Nc3ccc4cnccc4c3)n[nH]c2c1. The van der Waals surface area contributed by atoms with Gasteiger partial charge in [0, 0.05) is 29.7 Å². The molecule has 3 aromatic heterocycles. The Balaban J connectivity index is 1.76. The van der Waals surface area contributed by atoms with Gasteiger partial charge in [0.1, 0.15) is 5.52 Å². The standard InChI is InChI=1S/C15H11N5/c1-2-13-14(17-6-1)15(20-19-13)18-12-4-3-11-9-16-7-5-10(11)8-12/h1-9H,(H2,18,19,20). The predicted molar refractivity (Wildman–Crippen MR) is 78.9 cm³/mol. The molecule has 0 saturated heterocycles. The van der Waals surface area contributed by atoms with Crippen LogP contribution in [0.2, 0.25) is 0 Å². The zero-order valence-corrected chi connectivity index (χ0v) is 10.5. The lowest BCUT2D eigenvalue weighted by Crippen LogP contribution is -1.92. The van der Waals surface area contributed by atoms with Crippen LogP contribution in [-0.4, -0.2) is 20.2 Å². The molecule has 0 fully saturated rings. The minimum absolute atomic E-state index is 0.731. The van der Waals surface area contributed by atoms with E-state index in [2.05, 4.69) is 31.5 Å². The molecule has 0 aliphatic heterocycles. The molecule has 0 radical (unpaired) electrons. The predicted octanol–water partition coefficient (Wildman–Crippen LogP) is 3.25. The monoisotopic (exact) mass is 261 g/mol. The number of aromatic nitrogens is 4. The van der Waals surface area contributed by atoms with Crippen molar-refractivity contribution < 1.29 is 0 Å². The highest BCUT2D eigenvalue weighted by molar-refractivity contribution is 5.90. The number of nitrogens with one attached hydrogen (secondary N) is 2. The maximum absolute atomic E-state index is 4.33. The first-order valence-electron chi connectivity index (χ1n) is 6.30. The Bertz CT molecular complexity index is 897. The van der Waals surface area contributed by atoms with Crippen LogP contribution in [0.3, 0.4) is 0 Å². The smallest absolute Gasteiger partial charge is 0.178 e. The second-order valence-electron chi connectivity index (χ2n) is 4.53. The lowest BCUT2D eigenvalue weighted by molar-refractivity contribution is 1.12. The van der Waals surface area contributed by atoms with Crippen molar-refractivity contribution in [3.05, 3.63) is 55.0 Å². The fraction of sp³-hybridized carbons (Fsp3) is 0. The van der Waals surface area contributed by atoms with E-state index in [1.165, 1.54) is 0 Å². The Morgan fingerprint density at radius 3 is 3.00 bits per heavy atom. The summed E-state index contributed by atoms with van der Waals surface area (Å²) in [7, 11) is 0. The van der Waals surface area contributed by atoms with E-state index in [0.717, 1.165) is 33.3 Å². The number of hydrogen-bond donors (Lipinski definition) is 2. The Labute approximate surface area is 114 Å². The fourth-order valence-corrected chi connectivity index (χ4v) is 2.24.